The second-order valence-corrected chi connectivity index (χ2v) is 7.51. The van der Waals surface area contributed by atoms with E-state index in [1.165, 1.54) is 19.5 Å². The Labute approximate surface area is 194 Å². The van der Waals surface area contributed by atoms with Crippen molar-refractivity contribution in [1.82, 2.24) is 25.1 Å². The lowest BCUT2D eigenvalue weighted by Gasteiger charge is -2.26. The molecule has 2 aromatic carbocycles. The molecule has 5 rings (SSSR count). The minimum Gasteiger partial charge on any atom is -0.494 e. The third-order valence-corrected chi connectivity index (χ3v) is 5.55. The molecule has 0 saturated heterocycles. The first-order valence-corrected chi connectivity index (χ1v) is 10.4. The Kier molecular flexibility index (Phi) is 5.44. The van der Waals surface area contributed by atoms with Gasteiger partial charge in [0.25, 0.3) is 5.91 Å². The van der Waals surface area contributed by atoms with Crippen molar-refractivity contribution in [2.45, 2.75) is 5.60 Å². The first-order chi connectivity index (χ1) is 16.6. The van der Waals surface area contributed by atoms with Crippen LogP contribution in [-0.2, 0) is 10.4 Å². The van der Waals surface area contributed by atoms with Crippen LogP contribution in [0.25, 0.3) is 22.0 Å². The number of carbonyl (C=O) groups is 1. The smallest absolute Gasteiger partial charge is 0.269 e. The predicted molar refractivity (Wildman–Crippen MR) is 126 cm³/mol. The molecule has 3 aromatic heterocycles. The molecule has 0 spiro atoms. The number of carbonyl (C=O) groups excluding carboxylic acids is 1. The summed E-state index contributed by atoms with van der Waals surface area (Å²) >= 11 is 0. The number of imidazole rings is 1. The largest absolute Gasteiger partial charge is 0.494 e. The molecule has 1 atom stereocenters. The zero-order valence-electron chi connectivity index (χ0n) is 18.1. The van der Waals surface area contributed by atoms with Gasteiger partial charge in [0.15, 0.2) is 11.6 Å². The predicted octanol–water partition coefficient (Wildman–Crippen LogP) is 3.30. The Balaban J connectivity index is 1.59. The average molecular weight is 452 g/mol. The number of rotatable bonds is 6. The molecule has 3 heterocycles. The molecule has 0 bridgehead atoms. The summed E-state index contributed by atoms with van der Waals surface area (Å²) in [5.41, 5.74) is 0.647. The Hall–Kier alpha value is -4.63. The van der Waals surface area contributed by atoms with E-state index in [1.54, 1.807) is 48.9 Å². The van der Waals surface area contributed by atoms with E-state index in [2.05, 4.69) is 30.5 Å². The van der Waals surface area contributed by atoms with Crippen LogP contribution in [0.3, 0.4) is 0 Å². The number of hydrogen-bond acceptors (Lipinski definition) is 7. The number of amides is 1. The molecule has 1 amide bonds. The molecule has 0 radical (unpaired) electrons. The van der Waals surface area contributed by atoms with Crippen molar-refractivity contribution in [2.75, 3.05) is 12.4 Å². The van der Waals surface area contributed by atoms with E-state index in [1.807, 2.05) is 24.3 Å². The molecule has 9 heteroatoms. The summed E-state index contributed by atoms with van der Waals surface area (Å²) < 4.78 is 5.68. The number of nitrogens with zero attached hydrogens (tertiary/aromatic N) is 4. The number of nitrogens with one attached hydrogen (secondary N) is 2. The van der Waals surface area contributed by atoms with E-state index < -0.39 is 11.5 Å². The van der Waals surface area contributed by atoms with Crippen molar-refractivity contribution in [2.24, 2.45) is 0 Å². The van der Waals surface area contributed by atoms with Crippen LogP contribution < -0.4 is 10.1 Å². The Morgan fingerprint density at radius 2 is 1.82 bits per heavy atom. The van der Waals surface area contributed by atoms with Crippen LogP contribution >= 0.6 is 0 Å². The molecule has 168 valence electrons. The summed E-state index contributed by atoms with van der Waals surface area (Å²) in [6.45, 7) is 0. The van der Waals surface area contributed by atoms with Gasteiger partial charge in [-0.3, -0.25) is 9.78 Å². The molecule has 0 aliphatic rings. The minimum atomic E-state index is -2.07. The van der Waals surface area contributed by atoms with Gasteiger partial charge in [0.05, 0.1) is 25.0 Å². The third-order valence-electron chi connectivity index (χ3n) is 5.55. The first-order valence-electron chi connectivity index (χ1n) is 10.4. The maximum absolute atomic E-state index is 13.5. The monoisotopic (exact) mass is 452 g/mol. The minimum absolute atomic E-state index is 0.0867. The van der Waals surface area contributed by atoms with Gasteiger partial charge < -0.3 is 20.1 Å². The van der Waals surface area contributed by atoms with Crippen LogP contribution in [-0.4, -0.2) is 43.3 Å². The van der Waals surface area contributed by atoms with Crippen LogP contribution in [0.2, 0.25) is 0 Å². The standard InChI is InChI=1S/C25H20N6O3/c1-34-22-19(18-14-29-31-20-10-6-5-9-17(18)20)13-26-15-21(22)30-24(32)25(33,23-27-11-12-28-23)16-7-3-2-4-8-16/h2-15,33H,1H3,(H,27,28)(H,30,32)/t25-/m1/s1. The number of pyridine rings is 1. The number of methoxy groups -OCH3 is 1. The fourth-order valence-electron chi connectivity index (χ4n) is 3.90. The summed E-state index contributed by atoms with van der Waals surface area (Å²) in [7, 11) is 1.50. The van der Waals surface area contributed by atoms with Crippen LogP contribution in [0, 0.1) is 0 Å². The molecular formula is C25H20N6O3. The van der Waals surface area contributed by atoms with Crippen molar-refractivity contribution in [3.63, 3.8) is 0 Å². The Morgan fingerprint density at radius 3 is 2.59 bits per heavy atom. The van der Waals surface area contributed by atoms with Gasteiger partial charge in [-0.1, -0.05) is 48.5 Å². The summed E-state index contributed by atoms with van der Waals surface area (Å²) in [4.78, 5) is 24.8. The number of hydrogen-bond donors (Lipinski definition) is 3. The molecule has 3 N–H and O–H groups in total. The second-order valence-electron chi connectivity index (χ2n) is 7.51. The van der Waals surface area contributed by atoms with Gasteiger partial charge in [-0.25, -0.2) is 4.98 Å². The van der Waals surface area contributed by atoms with E-state index in [0.29, 0.717) is 22.4 Å². The fourth-order valence-corrected chi connectivity index (χ4v) is 3.90. The van der Waals surface area contributed by atoms with Crippen molar-refractivity contribution in [3.8, 4) is 16.9 Å². The van der Waals surface area contributed by atoms with Gasteiger partial charge >= 0.3 is 0 Å². The van der Waals surface area contributed by atoms with Gasteiger partial charge in [0, 0.05) is 40.7 Å². The lowest BCUT2D eigenvalue weighted by molar-refractivity contribution is -0.131. The van der Waals surface area contributed by atoms with E-state index in [4.69, 9.17) is 4.74 Å². The normalized spacial score (nSPS) is 12.8. The molecule has 0 aliphatic carbocycles. The molecule has 0 unspecified atom stereocenters. The molecule has 5 aromatic rings. The third kappa shape index (κ3) is 3.54. The van der Waals surface area contributed by atoms with E-state index in [0.717, 1.165) is 10.9 Å². The highest BCUT2D eigenvalue weighted by molar-refractivity contribution is 6.03. The highest BCUT2D eigenvalue weighted by Gasteiger charge is 2.43. The molecule has 34 heavy (non-hydrogen) atoms. The highest BCUT2D eigenvalue weighted by Crippen LogP contribution is 2.39. The number of aliphatic hydroxyl groups is 1. The maximum Gasteiger partial charge on any atom is 0.269 e. The second kappa shape index (κ2) is 8.72. The molecule has 9 nitrogen and oxygen atoms in total. The lowest BCUT2D eigenvalue weighted by Crippen LogP contribution is -2.42. The molecule has 0 saturated carbocycles. The van der Waals surface area contributed by atoms with Crippen LogP contribution in [0.15, 0.2) is 85.6 Å². The summed E-state index contributed by atoms with van der Waals surface area (Å²) in [6, 6.07) is 16.2. The number of benzene rings is 2. The maximum atomic E-state index is 13.5. The van der Waals surface area contributed by atoms with E-state index in [-0.39, 0.29) is 11.5 Å². The first kappa shape index (κ1) is 21.2. The van der Waals surface area contributed by atoms with E-state index in [9.17, 15) is 9.90 Å². The quantitative estimate of drug-likeness (QED) is 0.361. The molecule has 0 aliphatic heterocycles. The zero-order valence-corrected chi connectivity index (χ0v) is 18.1. The average Bonchev–Trinajstić information content (AvgIpc) is 3.44. The lowest BCUT2D eigenvalue weighted by atomic mass is 9.91. The van der Waals surface area contributed by atoms with Crippen molar-refractivity contribution >= 4 is 22.5 Å². The summed E-state index contributed by atoms with van der Waals surface area (Å²) in [5.74, 6) is -0.261. The Bertz CT molecular complexity index is 1450. The van der Waals surface area contributed by atoms with Crippen molar-refractivity contribution in [3.05, 3.63) is 97.0 Å². The number of H-pyrrole nitrogens is 1. The highest BCUT2D eigenvalue weighted by atomic mass is 16.5. The molecular weight excluding hydrogens is 432 g/mol. The fraction of sp³-hybridized carbons (Fsp3) is 0.0800. The Morgan fingerprint density at radius 1 is 1.03 bits per heavy atom. The van der Waals surface area contributed by atoms with Gasteiger partial charge in [0.1, 0.15) is 5.69 Å². The van der Waals surface area contributed by atoms with Crippen LogP contribution in [0.4, 0.5) is 5.69 Å². The van der Waals surface area contributed by atoms with Gasteiger partial charge in [-0.2, -0.15) is 10.2 Å². The van der Waals surface area contributed by atoms with Crippen molar-refractivity contribution in [1.29, 1.82) is 0 Å². The number of aromatic amines is 1. The van der Waals surface area contributed by atoms with Crippen LogP contribution in [0.1, 0.15) is 11.4 Å². The number of ether oxygens (including phenoxy) is 1. The SMILES string of the molecule is COc1c(NC(=O)[C@@](O)(c2ccccc2)c2ncc[nH]2)cncc1-c1cnnc2ccccc12. The topological polar surface area (TPSA) is 126 Å². The van der Waals surface area contributed by atoms with Crippen molar-refractivity contribution < 1.29 is 14.6 Å². The number of aromatic nitrogens is 5. The summed E-state index contributed by atoms with van der Waals surface area (Å²) in [5, 5.41) is 23.5. The van der Waals surface area contributed by atoms with Gasteiger partial charge in [-0.15, -0.1) is 0 Å². The number of anilines is 1. The number of fused-ring (bicyclic) bond motifs is 1. The van der Waals surface area contributed by atoms with Crippen LogP contribution in [0.5, 0.6) is 5.75 Å². The van der Waals surface area contributed by atoms with Gasteiger partial charge in [-0.05, 0) is 6.07 Å². The van der Waals surface area contributed by atoms with Gasteiger partial charge in [0.2, 0.25) is 5.60 Å². The molecule has 0 fully saturated rings. The van der Waals surface area contributed by atoms with E-state index >= 15 is 0 Å². The zero-order chi connectivity index (χ0) is 23.5. The summed E-state index contributed by atoms with van der Waals surface area (Å²) in [6.07, 6.45) is 7.73.